The van der Waals surface area contributed by atoms with Crippen molar-refractivity contribution >= 4 is 0 Å². The van der Waals surface area contributed by atoms with Gasteiger partial charge in [0.15, 0.2) is 5.76 Å². The first-order valence-electron chi connectivity index (χ1n) is 9.64. The van der Waals surface area contributed by atoms with E-state index in [1.54, 1.807) is 12.1 Å². The molecule has 0 amide bonds. The van der Waals surface area contributed by atoms with Crippen molar-refractivity contribution in [1.82, 2.24) is 9.78 Å². The van der Waals surface area contributed by atoms with Gasteiger partial charge in [-0.1, -0.05) is 54.6 Å². The highest BCUT2D eigenvalue weighted by atomic mass is 16.5. The molecule has 0 spiro atoms. The van der Waals surface area contributed by atoms with Crippen molar-refractivity contribution in [3.63, 3.8) is 0 Å². The lowest BCUT2D eigenvalue weighted by molar-refractivity contribution is -0.00278. The number of ether oxygens (including phenoxy) is 1. The first-order valence-corrected chi connectivity index (χ1v) is 9.64. The Morgan fingerprint density at radius 1 is 1.07 bits per heavy atom. The first-order chi connectivity index (χ1) is 14.6. The van der Waals surface area contributed by atoms with Crippen LogP contribution in [0.3, 0.4) is 0 Å². The predicted molar refractivity (Wildman–Crippen MR) is 110 cm³/mol. The summed E-state index contributed by atoms with van der Waals surface area (Å²) < 4.78 is 17.4. The Morgan fingerprint density at radius 2 is 1.83 bits per heavy atom. The molecule has 2 atom stereocenters. The molecule has 0 saturated carbocycles. The molecule has 7 nitrogen and oxygen atoms in total. The fourth-order valence-electron chi connectivity index (χ4n) is 3.26. The highest BCUT2D eigenvalue weighted by molar-refractivity contribution is 5.42. The summed E-state index contributed by atoms with van der Waals surface area (Å²) >= 11 is 0. The van der Waals surface area contributed by atoms with E-state index in [1.807, 2.05) is 61.5 Å². The van der Waals surface area contributed by atoms with Crippen molar-refractivity contribution in [2.75, 3.05) is 6.61 Å². The molecule has 0 aliphatic heterocycles. The average Bonchev–Trinajstić information content (AvgIpc) is 3.41. The van der Waals surface area contributed by atoms with Crippen LogP contribution in [0.5, 0.6) is 0 Å². The zero-order chi connectivity index (χ0) is 20.9. The van der Waals surface area contributed by atoms with Gasteiger partial charge in [0.2, 0.25) is 0 Å². The highest BCUT2D eigenvalue weighted by Crippen LogP contribution is 2.28. The maximum atomic E-state index is 12.0. The van der Waals surface area contributed by atoms with Crippen molar-refractivity contribution in [1.29, 1.82) is 0 Å². The maximum Gasteiger partial charge on any atom is 0.437 e. The molecule has 7 heteroatoms. The molecule has 0 fully saturated rings. The number of nitrogens with zero attached hydrogens (tertiary/aromatic N) is 2. The van der Waals surface area contributed by atoms with Crippen LogP contribution in [0.15, 0.2) is 86.6 Å². The molecule has 1 N–H and O–H groups in total. The monoisotopic (exact) mass is 406 g/mol. The van der Waals surface area contributed by atoms with Gasteiger partial charge in [-0.15, -0.1) is 5.10 Å². The Morgan fingerprint density at radius 3 is 2.57 bits per heavy atom. The van der Waals surface area contributed by atoms with Crippen molar-refractivity contribution in [2.24, 2.45) is 0 Å². The Hall–Kier alpha value is -3.42. The Bertz CT molecular complexity index is 1130. The van der Waals surface area contributed by atoms with Crippen LogP contribution in [0, 0.1) is 6.92 Å². The Kier molecular flexibility index (Phi) is 5.92. The smallest absolute Gasteiger partial charge is 0.437 e. The van der Waals surface area contributed by atoms with Crippen LogP contribution in [0.4, 0.5) is 0 Å². The van der Waals surface area contributed by atoms with Crippen molar-refractivity contribution in [3.05, 3.63) is 100 Å². The van der Waals surface area contributed by atoms with Gasteiger partial charge >= 0.3 is 5.76 Å². The summed E-state index contributed by atoms with van der Waals surface area (Å²) in [6.07, 6.45) is 0.175. The minimum atomic E-state index is -0.951. The van der Waals surface area contributed by atoms with E-state index in [-0.39, 0.29) is 25.1 Å². The summed E-state index contributed by atoms with van der Waals surface area (Å²) in [5.74, 6) is -0.251. The second-order valence-electron chi connectivity index (χ2n) is 6.97. The minimum absolute atomic E-state index is 0.0171. The van der Waals surface area contributed by atoms with Crippen LogP contribution < -0.4 is 5.76 Å². The lowest BCUT2D eigenvalue weighted by atomic mass is 9.97. The zero-order valence-electron chi connectivity index (χ0n) is 16.5. The van der Waals surface area contributed by atoms with E-state index in [0.717, 1.165) is 21.4 Å². The van der Waals surface area contributed by atoms with Gasteiger partial charge in [0.1, 0.15) is 6.10 Å². The van der Waals surface area contributed by atoms with Crippen LogP contribution in [-0.4, -0.2) is 27.6 Å². The van der Waals surface area contributed by atoms with Gasteiger partial charge < -0.3 is 18.7 Å². The van der Waals surface area contributed by atoms with Crippen LogP contribution >= 0.6 is 0 Å². The van der Waals surface area contributed by atoms with Gasteiger partial charge in [0.05, 0.1) is 25.5 Å². The third kappa shape index (κ3) is 4.42. The molecule has 2 heterocycles. The van der Waals surface area contributed by atoms with E-state index < -0.39 is 11.9 Å². The van der Waals surface area contributed by atoms with Crippen molar-refractivity contribution in [3.8, 4) is 11.7 Å². The van der Waals surface area contributed by atoms with Gasteiger partial charge in [-0.2, -0.15) is 4.68 Å². The molecule has 2 unspecified atom stereocenters. The van der Waals surface area contributed by atoms with Crippen molar-refractivity contribution < 1.29 is 18.7 Å². The highest BCUT2D eigenvalue weighted by Gasteiger charge is 2.20. The molecule has 2 aromatic heterocycles. The number of aliphatic hydroxyl groups excluding tert-OH is 1. The molecule has 154 valence electrons. The number of aryl methyl sites for hydroxylation is 1. The fourth-order valence-corrected chi connectivity index (χ4v) is 3.26. The van der Waals surface area contributed by atoms with Gasteiger partial charge in [-0.3, -0.25) is 0 Å². The summed E-state index contributed by atoms with van der Waals surface area (Å²) in [5, 5.41) is 14.6. The lowest BCUT2D eigenvalue weighted by Crippen LogP contribution is -2.28. The third-order valence-electron chi connectivity index (χ3n) is 4.75. The van der Waals surface area contributed by atoms with E-state index in [9.17, 15) is 9.90 Å². The average molecular weight is 406 g/mol. The minimum Gasteiger partial charge on any atom is -0.459 e. The zero-order valence-corrected chi connectivity index (χ0v) is 16.5. The van der Waals surface area contributed by atoms with E-state index in [2.05, 4.69) is 5.10 Å². The molecule has 0 bridgehead atoms. The third-order valence-corrected chi connectivity index (χ3v) is 4.75. The second kappa shape index (κ2) is 8.94. The van der Waals surface area contributed by atoms with Gasteiger partial charge in [0.25, 0.3) is 5.89 Å². The molecule has 0 aliphatic rings. The summed E-state index contributed by atoms with van der Waals surface area (Å²) in [5.41, 5.74) is 3.10. The van der Waals surface area contributed by atoms with Gasteiger partial charge in [-0.05, 0) is 35.7 Å². The largest absolute Gasteiger partial charge is 0.459 e. The lowest BCUT2D eigenvalue weighted by Gasteiger charge is -2.22. The number of hydrogen-bond donors (Lipinski definition) is 1. The quantitative estimate of drug-likeness (QED) is 0.481. The number of benzene rings is 2. The number of hydrogen-bond acceptors (Lipinski definition) is 6. The summed E-state index contributed by atoms with van der Waals surface area (Å²) in [7, 11) is 0. The topological polar surface area (TPSA) is 90.6 Å². The predicted octanol–water partition coefficient (Wildman–Crippen LogP) is 3.57. The van der Waals surface area contributed by atoms with Gasteiger partial charge in [-0.25, -0.2) is 4.79 Å². The van der Waals surface area contributed by atoms with Crippen LogP contribution in [0.2, 0.25) is 0 Å². The van der Waals surface area contributed by atoms with Crippen LogP contribution in [0.25, 0.3) is 11.7 Å². The van der Waals surface area contributed by atoms with E-state index >= 15 is 0 Å². The fraction of sp³-hybridized carbons (Fsp3) is 0.217. The Labute approximate surface area is 173 Å². The number of aromatic nitrogens is 2. The number of furan rings is 1. The van der Waals surface area contributed by atoms with Crippen LogP contribution in [0.1, 0.15) is 22.8 Å². The van der Waals surface area contributed by atoms with E-state index in [4.69, 9.17) is 13.6 Å². The molecule has 0 radical (unpaired) electrons. The van der Waals surface area contributed by atoms with Gasteiger partial charge in [0, 0.05) is 0 Å². The molecule has 4 aromatic rings. The number of rotatable bonds is 8. The molecule has 0 aliphatic carbocycles. The molecule has 30 heavy (non-hydrogen) atoms. The molecule has 0 saturated heterocycles. The summed E-state index contributed by atoms with van der Waals surface area (Å²) in [6.45, 7) is 1.98. The first kappa shape index (κ1) is 19.9. The molecule has 4 rings (SSSR count). The second-order valence-corrected chi connectivity index (χ2v) is 6.97. The number of aliphatic hydroxyl groups is 1. The summed E-state index contributed by atoms with van der Waals surface area (Å²) in [4.78, 5) is 12.0. The SMILES string of the molecule is Cc1ccccc1C(OCC(O)Cn1nc(-c2ccco2)oc1=O)c1ccccc1. The van der Waals surface area contributed by atoms with E-state index in [1.165, 1.54) is 6.26 Å². The molecule has 2 aromatic carbocycles. The van der Waals surface area contributed by atoms with Crippen molar-refractivity contribution in [2.45, 2.75) is 25.7 Å². The van der Waals surface area contributed by atoms with E-state index in [0.29, 0.717) is 5.76 Å². The summed E-state index contributed by atoms with van der Waals surface area (Å²) in [6, 6.07) is 21.1. The Balaban J connectivity index is 1.48. The molecular weight excluding hydrogens is 384 g/mol. The maximum absolute atomic E-state index is 12.0. The standard InChI is InChI=1S/C23H22N2O5/c1-16-8-5-6-11-19(16)21(17-9-3-2-4-10-17)29-15-18(26)14-25-23(27)30-22(24-25)20-12-7-13-28-20/h2-13,18,21,26H,14-15H2,1H3. The normalized spacial score (nSPS) is 13.3. The molecular formula is C23H22N2O5. The van der Waals surface area contributed by atoms with Crippen LogP contribution in [-0.2, 0) is 11.3 Å².